The Balaban J connectivity index is 1.13. The van der Waals surface area contributed by atoms with E-state index >= 15 is 0 Å². The zero-order valence-corrected chi connectivity index (χ0v) is 27.6. The number of fused-ring (bicyclic) bond motifs is 6. The summed E-state index contributed by atoms with van der Waals surface area (Å²) in [7, 11) is 0. The standard InChI is InChI=1S/C47H34N2/c1-47(2)42-20-9-8-18-38(42)39-27-26-37(30-43(39)47)48(34-16-4-3-5-17-34)35-22-24-36(25-23-35)49-44-21-11-15-31-14-10-19-40(46(31)44)41-28-32-12-6-7-13-33(32)29-45(41)49/h3-30H,1-2H3. The predicted molar refractivity (Wildman–Crippen MR) is 207 cm³/mol. The summed E-state index contributed by atoms with van der Waals surface area (Å²) < 4.78 is 0. The average molecular weight is 627 g/mol. The minimum Gasteiger partial charge on any atom is -0.310 e. The number of benzene rings is 8. The number of hydrogen-bond acceptors (Lipinski definition) is 2. The Labute approximate surface area is 287 Å². The first-order valence-electron chi connectivity index (χ1n) is 17.1. The predicted octanol–water partition coefficient (Wildman–Crippen LogP) is 13.2. The summed E-state index contributed by atoms with van der Waals surface area (Å²) in [4.78, 5) is 4.83. The van der Waals surface area contributed by atoms with Crippen LogP contribution in [0, 0.1) is 0 Å². The molecule has 0 amide bonds. The van der Waals surface area contributed by atoms with Gasteiger partial charge in [-0.25, -0.2) is 0 Å². The highest BCUT2D eigenvalue weighted by molar-refractivity contribution is 6.15. The molecule has 1 heterocycles. The third-order valence-electron chi connectivity index (χ3n) is 10.7. The van der Waals surface area contributed by atoms with E-state index in [9.17, 15) is 0 Å². The molecule has 0 fully saturated rings. The van der Waals surface area contributed by atoms with E-state index in [1.54, 1.807) is 0 Å². The number of para-hydroxylation sites is 1. The maximum atomic E-state index is 2.45. The Morgan fingerprint density at radius 3 is 1.84 bits per heavy atom. The molecule has 0 unspecified atom stereocenters. The average Bonchev–Trinajstić information content (AvgIpc) is 3.38. The van der Waals surface area contributed by atoms with E-state index in [0.29, 0.717) is 0 Å². The lowest BCUT2D eigenvalue weighted by atomic mass is 9.82. The molecule has 0 N–H and O–H groups in total. The Kier molecular flexibility index (Phi) is 5.95. The van der Waals surface area contributed by atoms with Gasteiger partial charge in [-0.15, -0.1) is 0 Å². The second-order valence-corrected chi connectivity index (χ2v) is 13.8. The van der Waals surface area contributed by atoms with Gasteiger partial charge in [0.1, 0.15) is 0 Å². The SMILES string of the molecule is CC1(C)c2ccccc2-c2ccc(N(c3ccccc3)c3ccc(N4c5cc6ccccc6cc5-c5cccc6cccc4c56)cc3)cc21. The molecule has 1 aliphatic carbocycles. The molecule has 10 rings (SSSR count). The Morgan fingerprint density at radius 2 is 1.02 bits per heavy atom. The van der Waals surface area contributed by atoms with Gasteiger partial charge in [0, 0.05) is 39.1 Å². The molecule has 2 nitrogen and oxygen atoms in total. The lowest BCUT2D eigenvalue weighted by molar-refractivity contribution is 0.660. The molecule has 8 aromatic rings. The summed E-state index contributed by atoms with van der Waals surface area (Å²) >= 11 is 0. The summed E-state index contributed by atoms with van der Waals surface area (Å²) in [5.41, 5.74) is 14.9. The molecule has 0 atom stereocenters. The molecule has 0 aromatic heterocycles. The third kappa shape index (κ3) is 4.14. The van der Waals surface area contributed by atoms with E-state index in [-0.39, 0.29) is 5.41 Å². The summed E-state index contributed by atoms with van der Waals surface area (Å²) in [6.45, 7) is 4.70. The fourth-order valence-electron chi connectivity index (χ4n) is 8.38. The fourth-order valence-corrected chi connectivity index (χ4v) is 8.38. The molecular weight excluding hydrogens is 593 g/mol. The normalized spacial score (nSPS) is 13.6. The molecule has 232 valence electrons. The van der Waals surface area contributed by atoms with E-state index in [1.165, 1.54) is 66.3 Å². The van der Waals surface area contributed by atoms with Crippen LogP contribution in [0.25, 0.3) is 43.8 Å². The van der Waals surface area contributed by atoms with Crippen molar-refractivity contribution < 1.29 is 0 Å². The van der Waals surface area contributed by atoms with E-state index in [2.05, 4.69) is 194 Å². The second-order valence-electron chi connectivity index (χ2n) is 13.8. The first-order valence-corrected chi connectivity index (χ1v) is 17.1. The van der Waals surface area contributed by atoms with Crippen LogP contribution in [0.2, 0.25) is 0 Å². The first-order chi connectivity index (χ1) is 24.1. The number of anilines is 6. The molecule has 2 aliphatic rings. The highest BCUT2D eigenvalue weighted by Crippen LogP contribution is 2.53. The zero-order valence-electron chi connectivity index (χ0n) is 27.6. The molecule has 1 aliphatic heterocycles. The van der Waals surface area contributed by atoms with Gasteiger partial charge in [-0.05, 0) is 111 Å². The first kappa shape index (κ1) is 27.9. The number of hydrogen-bond donors (Lipinski definition) is 0. The van der Waals surface area contributed by atoms with Crippen LogP contribution in [0.3, 0.4) is 0 Å². The van der Waals surface area contributed by atoms with Gasteiger partial charge in [0.15, 0.2) is 0 Å². The van der Waals surface area contributed by atoms with E-state index in [4.69, 9.17) is 0 Å². The van der Waals surface area contributed by atoms with Crippen molar-refractivity contribution in [2.45, 2.75) is 19.3 Å². The molecule has 0 saturated heterocycles. The molecule has 8 aromatic carbocycles. The van der Waals surface area contributed by atoms with Crippen molar-refractivity contribution in [1.29, 1.82) is 0 Å². The van der Waals surface area contributed by atoms with Crippen molar-refractivity contribution in [3.63, 3.8) is 0 Å². The largest absolute Gasteiger partial charge is 0.310 e. The zero-order chi connectivity index (χ0) is 32.7. The Hall–Kier alpha value is -6.12. The molecular formula is C47H34N2. The van der Waals surface area contributed by atoms with Crippen LogP contribution in [-0.2, 0) is 5.41 Å². The molecule has 0 saturated carbocycles. The van der Waals surface area contributed by atoms with Crippen molar-refractivity contribution in [2.24, 2.45) is 0 Å². The molecule has 0 spiro atoms. The Morgan fingerprint density at radius 1 is 0.408 bits per heavy atom. The third-order valence-corrected chi connectivity index (χ3v) is 10.7. The van der Waals surface area contributed by atoms with Crippen molar-refractivity contribution in [2.75, 3.05) is 9.80 Å². The molecule has 0 bridgehead atoms. The van der Waals surface area contributed by atoms with Gasteiger partial charge >= 0.3 is 0 Å². The van der Waals surface area contributed by atoms with Crippen molar-refractivity contribution in [3.8, 4) is 22.3 Å². The lowest BCUT2D eigenvalue weighted by Crippen LogP contribution is -2.17. The van der Waals surface area contributed by atoms with Crippen LogP contribution < -0.4 is 9.80 Å². The topological polar surface area (TPSA) is 6.48 Å². The smallest absolute Gasteiger partial charge is 0.0546 e. The van der Waals surface area contributed by atoms with Gasteiger partial charge in [0.2, 0.25) is 0 Å². The molecule has 49 heavy (non-hydrogen) atoms. The monoisotopic (exact) mass is 626 g/mol. The summed E-state index contributed by atoms with van der Waals surface area (Å²) in [6, 6.07) is 62.4. The van der Waals surface area contributed by atoms with Crippen LogP contribution in [0.15, 0.2) is 170 Å². The van der Waals surface area contributed by atoms with Gasteiger partial charge < -0.3 is 9.80 Å². The van der Waals surface area contributed by atoms with Gasteiger partial charge in [-0.2, -0.15) is 0 Å². The summed E-state index contributed by atoms with van der Waals surface area (Å²) in [5.74, 6) is 0. The van der Waals surface area contributed by atoms with Crippen LogP contribution >= 0.6 is 0 Å². The summed E-state index contributed by atoms with van der Waals surface area (Å²) in [5, 5.41) is 5.05. The van der Waals surface area contributed by atoms with Crippen LogP contribution in [0.4, 0.5) is 34.1 Å². The van der Waals surface area contributed by atoms with Crippen LogP contribution in [0.5, 0.6) is 0 Å². The Bertz CT molecular complexity index is 2580. The highest BCUT2D eigenvalue weighted by atomic mass is 15.2. The maximum absolute atomic E-state index is 2.45. The minimum absolute atomic E-state index is 0.0721. The van der Waals surface area contributed by atoms with E-state index in [1.807, 2.05) is 0 Å². The maximum Gasteiger partial charge on any atom is 0.0546 e. The van der Waals surface area contributed by atoms with Gasteiger partial charge in [0.05, 0.1) is 11.4 Å². The number of rotatable bonds is 4. The second kappa shape index (κ2) is 10.4. The lowest BCUT2D eigenvalue weighted by Gasteiger charge is -2.34. The van der Waals surface area contributed by atoms with Crippen LogP contribution in [-0.4, -0.2) is 0 Å². The van der Waals surface area contributed by atoms with Gasteiger partial charge in [0.25, 0.3) is 0 Å². The minimum atomic E-state index is -0.0721. The molecule has 2 heteroatoms. The van der Waals surface area contributed by atoms with Gasteiger partial charge in [-0.3, -0.25) is 0 Å². The van der Waals surface area contributed by atoms with Crippen molar-refractivity contribution >= 4 is 55.7 Å². The van der Waals surface area contributed by atoms with Crippen molar-refractivity contribution in [1.82, 2.24) is 0 Å². The fraction of sp³-hybridized carbons (Fsp3) is 0.0638. The van der Waals surface area contributed by atoms with E-state index in [0.717, 1.165) is 22.7 Å². The van der Waals surface area contributed by atoms with Crippen molar-refractivity contribution in [3.05, 3.63) is 181 Å². The molecule has 0 radical (unpaired) electrons. The van der Waals surface area contributed by atoms with Gasteiger partial charge in [-0.1, -0.05) is 117 Å². The quantitative estimate of drug-likeness (QED) is 0.192. The summed E-state index contributed by atoms with van der Waals surface area (Å²) in [6.07, 6.45) is 0. The van der Waals surface area contributed by atoms with E-state index < -0.39 is 0 Å². The van der Waals surface area contributed by atoms with Crippen LogP contribution in [0.1, 0.15) is 25.0 Å². The highest BCUT2D eigenvalue weighted by Gasteiger charge is 2.36. The number of nitrogens with zero attached hydrogens (tertiary/aromatic N) is 2.